The standard InChI is InChI=1S/C18H20N2O2S/c1-11-3-6-15(22-2)14(7-11)19-18(21)16-8-12-9-20(13-4-5-13)10-17(12)23-16/h3,6-8,13H,4-5,9-10H2,1-2H3,(H,19,21). The molecular formula is C18H20N2O2S. The lowest BCUT2D eigenvalue weighted by Gasteiger charge is -2.13. The van der Waals surface area contributed by atoms with Gasteiger partial charge < -0.3 is 10.1 Å². The van der Waals surface area contributed by atoms with Gasteiger partial charge in [-0.05, 0) is 49.1 Å². The Hall–Kier alpha value is -1.85. The Labute approximate surface area is 140 Å². The molecular weight excluding hydrogens is 308 g/mol. The van der Waals surface area contributed by atoms with Crippen molar-refractivity contribution in [1.29, 1.82) is 0 Å². The Balaban J connectivity index is 1.50. The van der Waals surface area contributed by atoms with Gasteiger partial charge in [-0.2, -0.15) is 0 Å². The van der Waals surface area contributed by atoms with Crippen molar-refractivity contribution in [3.05, 3.63) is 45.1 Å². The zero-order valence-electron chi connectivity index (χ0n) is 13.4. The maximum atomic E-state index is 12.6. The molecule has 0 radical (unpaired) electrons. The van der Waals surface area contributed by atoms with E-state index in [0.717, 1.165) is 35.3 Å². The molecule has 2 heterocycles. The Bertz CT molecular complexity index is 741. The lowest BCUT2D eigenvalue weighted by atomic mass is 10.2. The molecule has 1 saturated carbocycles. The number of hydrogen-bond donors (Lipinski definition) is 1. The van der Waals surface area contributed by atoms with Crippen molar-refractivity contribution in [3.63, 3.8) is 0 Å². The number of amides is 1. The molecule has 1 aliphatic carbocycles. The topological polar surface area (TPSA) is 41.6 Å². The van der Waals surface area contributed by atoms with Crippen LogP contribution in [0.1, 0.15) is 38.5 Å². The highest BCUT2D eigenvalue weighted by Crippen LogP contribution is 2.38. The lowest BCUT2D eigenvalue weighted by molar-refractivity contribution is 0.103. The molecule has 0 unspecified atom stereocenters. The fourth-order valence-corrected chi connectivity index (χ4v) is 4.20. The number of hydrogen-bond acceptors (Lipinski definition) is 4. The molecule has 0 saturated heterocycles. The summed E-state index contributed by atoms with van der Waals surface area (Å²) in [5.74, 6) is 0.638. The fourth-order valence-electron chi connectivity index (χ4n) is 3.11. The largest absolute Gasteiger partial charge is 0.495 e. The van der Waals surface area contributed by atoms with E-state index >= 15 is 0 Å². The second kappa shape index (κ2) is 5.65. The Morgan fingerprint density at radius 2 is 2.13 bits per heavy atom. The van der Waals surface area contributed by atoms with E-state index in [2.05, 4.69) is 16.3 Å². The van der Waals surface area contributed by atoms with Crippen molar-refractivity contribution in [3.8, 4) is 5.75 Å². The van der Waals surface area contributed by atoms with E-state index < -0.39 is 0 Å². The van der Waals surface area contributed by atoms with Crippen LogP contribution in [0.2, 0.25) is 0 Å². The number of rotatable bonds is 4. The van der Waals surface area contributed by atoms with Gasteiger partial charge in [0, 0.05) is 24.0 Å². The van der Waals surface area contributed by atoms with Gasteiger partial charge in [0.15, 0.2) is 0 Å². The average molecular weight is 328 g/mol. The predicted octanol–water partition coefficient (Wildman–Crippen LogP) is 3.80. The SMILES string of the molecule is COc1ccc(C)cc1NC(=O)c1cc2c(s1)CN(C1CC1)C2. The summed E-state index contributed by atoms with van der Waals surface area (Å²) in [5, 5.41) is 2.99. The summed E-state index contributed by atoms with van der Waals surface area (Å²) < 4.78 is 5.33. The van der Waals surface area contributed by atoms with Crippen molar-refractivity contribution in [2.75, 3.05) is 12.4 Å². The van der Waals surface area contributed by atoms with Crippen molar-refractivity contribution in [2.45, 2.75) is 38.9 Å². The molecule has 0 spiro atoms. The zero-order chi connectivity index (χ0) is 16.0. The monoisotopic (exact) mass is 328 g/mol. The van der Waals surface area contributed by atoms with Crippen LogP contribution >= 0.6 is 11.3 Å². The molecule has 2 aliphatic rings. The van der Waals surface area contributed by atoms with Crippen LogP contribution in [0.25, 0.3) is 0 Å². The highest BCUT2D eigenvalue weighted by molar-refractivity contribution is 7.14. The minimum atomic E-state index is -0.0497. The maximum Gasteiger partial charge on any atom is 0.265 e. The number of nitrogens with one attached hydrogen (secondary N) is 1. The Kier molecular flexibility index (Phi) is 3.62. The number of carbonyl (C=O) groups is 1. The average Bonchev–Trinajstić information content (AvgIpc) is 3.17. The lowest BCUT2D eigenvalue weighted by Crippen LogP contribution is -2.18. The number of nitrogens with zero attached hydrogens (tertiary/aromatic N) is 1. The maximum absolute atomic E-state index is 12.6. The summed E-state index contributed by atoms with van der Waals surface area (Å²) in [6.07, 6.45) is 2.66. The normalized spacial score (nSPS) is 17.1. The van der Waals surface area contributed by atoms with Crippen LogP contribution in [0.15, 0.2) is 24.3 Å². The van der Waals surface area contributed by atoms with Gasteiger partial charge in [0.25, 0.3) is 5.91 Å². The van der Waals surface area contributed by atoms with Crippen LogP contribution in [0.5, 0.6) is 5.75 Å². The van der Waals surface area contributed by atoms with E-state index in [4.69, 9.17) is 4.74 Å². The van der Waals surface area contributed by atoms with E-state index in [1.165, 1.54) is 23.3 Å². The molecule has 1 amide bonds. The van der Waals surface area contributed by atoms with Gasteiger partial charge >= 0.3 is 0 Å². The second-order valence-corrected chi connectivity index (χ2v) is 7.49. The van der Waals surface area contributed by atoms with Crippen LogP contribution in [0, 0.1) is 6.92 Å². The fraction of sp³-hybridized carbons (Fsp3) is 0.389. The molecule has 5 heteroatoms. The van der Waals surface area contributed by atoms with Crippen LogP contribution < -0.4 is 10.1 Å². The van der Waals surface area contributed by atoms with Gasteiger partial charge in [-0.3, -0.25) is 9.69 Å². The molecule has 2 aromatic rings. The number of aryl methyl sites for hydroxylation is 1. The minimum absolute atomic E-state index is 0.0497. The molecule has 0 atom stereocenters. The first-order valence-electron chi connectivity index (χ1n) is 7.95. The van der Waals surface area contributed by atoms with E-state index in [1.807, 2.05) is 25.1 Å². The highest BCUT2D eigenvalue weighted by Gasteiger charge is 2.34. The smallest absolute Gasteiger partial charge is 0.265 e. The summed E-state index contributed by atoms with van der Waals surface area (Å²) >= 11 is 1.62. The van der Waals surface area contributed by atoms with Gasteiger partial charge in [0.05, 0.1) is 17.7 Å². The van der Waals surface area contributed by atoms with E-state index in [-0.39, 0.29) is 5.91 Å². The number of thiophene rings is 1. The molecule has 4 rings (SSSR count). The molecule has 1 N–H and O–H groups in total. The quantitative estimate of drug-likeness (QED) is 0.928. The molecule has 1 fully saturated rings. The minimum Gasteiger partial charge on any atom is -0.495 e. The van der Waals surface area contributed by atoms with Crippen LogP contribution in [0.4, 0.5) is 5.69 Å². The van der Waals surface area contributed by atoms with Gasteiger partial charge in [0.2, 0.25) is 0 Å². The predicted molar refractivity (Wildman–Crippen MR) is 92.3 cm³/mol. The number of benzene rings is 1. The van der Waals surface area contributed by atoms with Crippen LogP contribution in [-0.2, 0) is 13.1 Å². The van der Waals surface area contributed by atoms with Gasteiger partial charge in [-0.1, -0.05) is 6.07 Å². The highest BCUT2D eigenvalue weighted by atomic mass is 32.1. The number of methoxy groups -OCH3 is 1. The van der Waals surface area contributed by atoms with Gasteiger partial charge in [-0.25, -0.2) is 0 Å². The first-order chi connectivity index (χ1) is 11.1. The number of anilines is 1. The molecule has 1 aromatic heterocycles. The molecule has 120 valence electrons. The number of fused-ring (bicyclic) bond motifs is 1. The summed E-state index contributed by atoms with van der Waals surface area (Å²) in [4.78, 5) is 17.2. The van der Waals surface area contributed by atoms with Crippen molar-refractivity contribution in [2.24, 2.45) is 0 Å². The van der Waals surface area contributed by atoms with Gasteiger partial charge in [-0.15, -0.1) is 11.3 Å². The van der Waals surface area contributed by atoms with E-state index in [1.54, 1.807) is 18.4 Å². The Morgan fingerprint density at radius 1 is 1.30 bits per heavy atom. The third-order valence-electron chi connectivity index (χ3n) is 4.51. The zero-order valence-corrected chi connectivity index (χ0v) is 14.2. The first-order valence-corrected chi connectivity index (χ1v) is 8.77. The molecule has 1 aromatic carbocycles. The summed E-state index contributed by atoms with van der Waals surface area (Å²) in [7, 11) is 1.62. The molecule has 23 heavy (non-hydrogen) atoms. The van der Waals surface area contributed by atoms with E-state index in [0.29, 0.717) is 5.75 Å². The molecule has 4 nitrogen and oxygen atoms in total. The summed E-state index contributed by atoms with van der Waals surface area (Å²) in [5.41, 5.74) is 3.14. The summed E-state index contributed by atoms with van der Waals surface area (Å²) in [6.45, 7) is 4.00. The van der Waals surface area contributed by atoms with Crippen molar-refractivity contribution < 1.29 is 9.53 Å². The first kappa shape index (κ1) is 14.7. The van der Waals surface area contributed by atoms with Crippen molar-refractivity contribution in [1.82, 2.24) is 4.90 Å². The third kappa shape index (κ3) is 2.86. The molecule has 0 bridgehead atoms. The van der Waals surface area contributed by atoms with Gasteiger partial charge in [0.1, 0.15) is 5.75 Å². The van der Waals surface area contributed by atoms with E-state index in [9.17, 15) is 4.79 Å². The van der Waals surface area contributed by atoms with Crippen molar-refractivity contribution >= 4 is 22.9 Å². The Morgan fingerprint density at radius 3 is 2.83 bits per heavy atom. The number of ether oxygens (including phenoxy) is 1. The second-order valence-electron chi connectivity index (χ2n) is 6.35. The summed E-state index contributed by atoms with van der Waals surface area (Å²) in [6, 6.07) is 8.63. The third-order valence-corrected chi connectivity index (χ3v) is 5.67. The van der Waals surface area contributed by atoms with Crippen LogP contribution in [0.3, 0.4) is 0 Å². The number of carbonyl (C=O) groups excluding carboxylic acids is 1. The van der Waals surface area contributed by atoms with Crippen LogP contribution in [-0.4, -0.2) is 24.0 Å². The molecule has 1 aliphatic heterocycles.